The molecule has 1 atom stereocenters. The zero-order chi connectivity index (χ0) is 15.0. The van der Waals surface area contributed by atoms with E-state index in [-0.39, 0.29) is 18.6 Å². The maximum absolute atomic E-state index is 11.7. The molecule has 4 nitrogen and oxygen atoms in total. The fourth-order valence-corrected chi connectivity index (χ4v) is 1.88. The number of carbonyl (C=O) groups is 1. The predicted octanol–water partition coefficient (Wildman–Crippen LogP) is 3.22. The van der Waals surface area contributed by atoms with E-state index in [1.807, 2.05) is 19.9 Å². The minimum Gasteiger partial charge on any atom is -0.379 e. The van der Waals surface area contributed by atoms with Crippen LogP contribution in [0, 0.1) is 0 Å². The number of ether oxygens (including phenoxy) is 2. The number of rotatable bonds is 8. The molecule has 1 rings (SSSR count). The molecule has 0 aliphatic heterocycles. The van der Waals surface area contributed by atoms with E-state index in [0.29, 0.717) is 29.9 Å². The summed E-state index contributed by atoms with van der Waals surface area (Å²) in [5, 5.41) is 3.79. The summed E-state index contributed by atoms with van der Waals surface area (Å²) in [6, 6.07) is 5.12. The second-order valence-corrected chi connectivity index (χ2v) is 5.03. The fraction of sp³-hybridized carbons (Fsp3) is 0.500. The SMILES string of the molecule is CCOCCOCC(=O)NC(C)c1ccc(Cl)c(Cl)c1. The number of nitrogens with one attached hydrogen (secondary N) is 1. The van der Waals surface area contributed by atoms with Crippen LogP contribution in [0.5, 0.6) is 0 Å². The van der Waals surface area contributed by atoms with Crippen molar-refractivity contribution in [3.05, 3.63) is 33.8 Å². The van der Waals surface area contributed by atoms with Gasteiger partial charge in [0.1, 0.15) is 6.61 Å². The largest absolute Gasteiger partial charge is 0.379 e. The molecule has 0 aromatic heterocycles. The van der Waals surface area contributed by atoms with E-state index >= 15 is 0 Å². The average molecular weight is 320 g/mol. The van der Waals surface area contributed by atoms with Gasteiger partial charge in [-0.3, -0.25) is 4.79 Å². The number of carbonyl (C=O) groups excluding carboxylic acids is 1. The van der Waals surface area contributed by atoms with Crippen molar-refractivity contribution in [1.29, 1.82) is 0 Å². The fourth-order valence-electron chi connectivity index (χ4n) is 1.58. The highest BCUT2D eigenvalue weighted by Gasteiger charge is 2.11. The molecule has 0 saturated carbocycles. The number of hydrogen-bond donors (Lipinski definition) is 1. The van der Waals surface area contributed by atoms with Crippen molar-refractivity contribution in [3.8, 4) is 0 Å². The lowest BCUT2D eigenvalue weighted by atomic mass is 10.1. The van der Waals surface area contributed by atoms with Crippen LogP contribution in [0.15, 0.2) is 18.2 Å². The molecule has 1 amide bonds. The van der Waals surface area contributed by atoms with Crippen LogP contribution in [0.4, 0.5) is 0 Å². The molecule has 0 radical (unpaired) electrons. The van der Waals surface area contributed by atoms with Gasteiger partial charge in [-0.15, -0.1) is 0 Å². The zero-order valence-corrected chi connectivity index (χ0v) is 13.1. The number of amides is 1. The summed E-state index contributed by atoms with van der Waals surface area (Å²) in [5.41, 5.74) is 0.891. The molecule has 1 N–H and O–H groups in total. The van der Waals surface area contributed by atoms with E-state index in [9.17, 15) is 4.79 Å². The first-order valence-electron chi connectivity index (χ1n) is 6.44. The van der Waals surface area contributed by atoms with E-state index in [1.165, 1.54) is 0 Å². The Labute approximate surface area is 129 Å². The molecule has 20 heavy (non-hydrogen) atoms. The van der Waals surface area contributed by atoms with Crippen molar-refractivity contribution in [2.45, 2.75) is 19.9 Å². The van der Waals surface area contributed by atoms with Gasteiger partial charge in [-0.2, -0.15) is 0 Å². The lowest BCUT2D eigenvalue weighted by Gasteiger charge is -2.15. The molecule has 1 aromatic rings. The highest BCUT2D eigenvalue weighted by Crippen LogP contribution is 2.25. The first kappa shape index (κ1) is 17.2. The Morgan fingerprint density at radius 1 is 1.25 bits per heavy atom. The van der Waals surface area contributed by atoms with Crippen molar-refractivity contribution in [1.82, 2.24) is 5.32 Å². The molecule has 6 heteroatoms. The average Bonchev–Trinajstić information content (AvgIpc) is 2.41. The van der Waals surface area contributed by atoms with Crippen molar-refractivity contribution in [2.75, 3.05) is 26.4 Å². The van der Waals surface area contributed by atoms with Gasteiger partial charge in [0.15, 0.2) is 0 Å². The van der Waals surface area contributed by atoms with E-state index < -0.39 is 0 Å². The smallest absolute Gasteiger partial charge is 0.246 e. The number of halogens is 2. The van der Waals surface area contributed by atoms with Gasteiger partial charge in [0.25, 0.3) is 0 Å². The summed E-state index contributed by atoms with van der Waals surface area (Å²) in [6.07, 6.45) is 0. The van der Waals surface area contributed by atoms with Crippen molar-refractivity contribution >= 4 is 29.1 Å². The van der Waals surface area contributed by atoms with E-state index in [4.69, 9.17) is 32.7 Å². The molecule has 0 spiro atoms. The Bertz CT molecular complexity index is 440. The second kappa shape index (κ2) is 9.19. The van der Waals surface area contributed by atoms with Crippen LogP contribution in [0.25, 0.3) is 0 Å². The molecular weight excluding hydrogens is 301 g/mol. The molecule has 0 bridgehead atoms. The summed E-state index contributed by atoms with van der Waals surface area (Å²) in [5.74, 6) is -0.180. The van der Waals surface area contributed by atoms with Gasteiger partial charge in [0.05, 0.1) is 29.3 Å². The van der Waals surface area contributed by atoms with E-state index in [1.54, 1.807) is 12.1 Å². The van der Waals surface area contributed by atoms with E-state index in [0.717, 1.165) is 5.56 Å². The maximum Gasteiger partial charge on any atom is 0.246 e. The highest BCUT2D eigenvalue weighted by molar-refractivity contribution is 6.42. The minimum absolute atomic E-state index is 0.0126. The van der Waals surface area contributed by atoms with Crippen LogP contribution in [0.2, 0.25) is 10.0 Å². The normalized spacial score (nSPS) is 12.2. The van der Waals surface area contributed by atoms with Crippen LogP contribution in [0.1, 0.15) is 25.5 Å². The van der Waals surface area contributed by atoms with E-state index in [2.05, 4.69) is 5.32 Å². The maximum atomic E-state index is 11.7. The van der Waals surface area contributed by atoms with Gasteiger partial charge in [-0.1, -0.05) is 29.3 Å². The van der Waals surface area contributed by atoms with Gasteiger partial charge in [-0.25, -0.2) is 0 Å². The van der Waals surface area contributed by atoms with Gasteiger partial charge in [0.2, 0.25) is 5.91 Å². The van der Waals surface area contributed by atoms with Crippen LogP contribution < -0.4 is 5.32 Å². The third-order valence-corrected chi connectivity index (χ3v) is 3.37. The van der Waals surface area contributed by atoms with Crippen LogP contribution >= 0.6 is 23.2 Å². The Balaban J connectivity index is 2.35. The molecule has 112 valence electrons. The monoisotopic (exact) mass is 319 g/mol. The minimum atomic E-state index is -0.180. The first-order chi connectivity index (χ1) is 9.54. The predicted molar refractivity (Wildman–Crippen MR) is 80.3 cm³/mol. The summed E-state index contributed by atoms with van der Waals surface area (Å²) in [4.78, 5) is 11.7. The van der Waals surface area contributed by atoms with Gasteiger partial charge in [-0.05, 0) is 31.5 Å². The molecule has 1 aromatic carbocycles. The van der Waals surface area contributed by atoms with Gasteiger partial charge < -0.3 is 14.8 Å². The van der Waals surface area contributed by atoms with Crippen LogP contribution in [-0.4, -0.2) is 32.3 Å². The molecule has 0 aliphatic carbocycles. The van der Waals surface area contributed by atoms with Gasteiger partial charge in [0, 0.05) is 6.61 Å². The Hall–Kier alpha value is -0.810. The molecular formula is C14H19Cl2NO3. The summed E-state index contributed by atoms with van der Waals surface area (Å²) < 4.78 is 10.3. The van der Waals surface area contributed by atoms with Crippen molar-refractivity contribution in [2.24, 2.45) is 0 Å². The van der Waals surface area contributed by atoms with Crippen molar-refractivity contribution < 1.29 is 14.3 Å². The highest BCUT2D eigenvalue weighted by atomic mass is 35.5. The Morgan fingerprint density at radius 3 is 2.60 bits per heavy atom. The van der Waals surface area contributed by atoms with Gasteiger partial charge >= 0.3 is 0 Å². The Morgan fingerprint density at radius 2 is 1.95 bits per heavy atom. The first-order valence-corrected chi connectivity index (χ1v) is 7.20. The molecule has 0 heterocycles. The lowest BCUT2D eigenvalue weighted by Crippen LogP contribution is -2.30. The molecule has 1 unspecified atom stereocenters. The number of hydrogen-bond acceptors (Lipinski definition) is 3. The van der Waals surface area contributed by atoms with Crippen molar-refractivity contribution in [3.63, 3.8) is 0 Å². The lowest BCUT2D eigenvalue weighted by molar-refractivity contribution is -0.126. The molecule has 0 saturated heterocycles. The third-order valence-electron chi connectivity index (χ3n) is 2.63. The molecule has 0 aliphatic rings. The standard InChI is InChI=1S/C14H19Cl2NO3/c1-3-19-6-7-20-9-14(18)17-10(2)11-4-5-12(15)13(16)8-11/h4-5,8,10H,3,6-7,9H2,1-2H3,(H,17,18). The third kappa shape index (κ3) is 6.09. The Kier molecular flexibility index (Phi) is 7.92. The number of benzene rings is 1. The van der Waals surface area contributed by atoms with Crippen LogP contribution in [-0.2, 0) is 14.3 Å². The quantitative estimate of drug-likeness (QED) is 0.748. The summed E-state index contributed by atoms with van der Waals surface area (Å²) in [7, 11) is 0. The summed E-state index contributed by atoms with van der Waals surface area (Å²) >= 11 is 11.8. The molecule has 0 fully saturated rings. The van der Waals surface area contributed by atoms with Crippen LogP contribution in [0.3, 0.4) is 0 Å². The summed E-state index contributed by atoms with van der Waals surface area (Å²) in [6.45, 7) is 5.33. The topological polar surface area (TPSA) is 47.6 Å². The zero-order valence-electron chi connectivity index (χ0n) is 11.6. The second-order valence-electron chi connectivity index (χ2n) is 4.21.